The lowest BCUT2D eigenvalue weighted by Gasteiger charge is -2.00. The lowest BCUT2D eigenvalue weighted by Crippen LogP contribution is -2.04. The quantitative estimate of drug-likeness (QED) is 0.519. The Bertz CT molecular complexity index is 351. The first-order valence-electron chi connectivity index (χ1n) is 4.41. The number of hydrogen-bond acceptors (Lipinski definition) is 2. The summed E-state index contributed by atoms with van der Waals surface area (Å²) in [6, 6.07) is 6.98. The average molecular weight is 174 g/mol. The third kappa shape index (κ3) is 1.52. The number of rotatable bonds is 3. The molecule has 0 radical (unpaired) electrons. The van der Waals surface area contributed by atoms with Gasteiger partial charge in [-0.1, -0.05) is 24.3 Å². The SMILES string of the molecule is O=Cc1ccccc1C(=O)C1CC1. The van der Waals surface area contributed by atoms with E-state index in [1.165, 1.54) is 0 Å². The van der Waals surface area contributed by atoms with Crippen LogP contribution in [0.25, 0.3) is 0 Å². The summed E-state index contributed by atoms with van der Waals surface area (Å²) in [5.74, 6) is 0.309. The van der Waals surface area contributed by atoms with Gasteiger partial charge in [0.2, 0.25) is 0 Å². The van der Waals surface area contributed by atoms with Crippen LogP contribution in [0.3, 0.4) is 0 Å². The smallest absolute Gasteiger partial charge is 0.166 e. The van der Waals surface area contributed by atoms with Gasteiger partial charge in [-0.3, -0.25) is 9.59 Å². The molecular weight excluding hydrogens is 164 g/mol. The summed E-state index contributed by atoms with van der Waals surface area (Å²) in [6.07, 6.45) is 2.70. The molecule has 0 atom stereocenters. The van der Waals surface area contributed by atoms with Gasteiger partial charge in [0.1, 0.15) is 0 Å². The van der Waals surface area contributed by atoms with Gasteiger partial charge in [0.15, 0.2) is 12.1 Å². The first kappa shape index (κ1) is 8.17. The summed E-state index contributed by atoms with van der Waals surface area (Å²) in [7, 11) is 0. The van der Waals surface area contributed by atoms with Crippen molar-refractivity contribution >= 4 is 12.1 Å². The summed E-state index contributed by atoms with van der Waals surface area (Å²) in [4.78, 5) is 22.3. The molecule has 1 aliphatic carbocycles. The number of carbonyl (C=O) groups is 2. The van der Waals surface area contributed by atoms with Gasteiger partial charge in [-0.2, -0.15) is 0 Å². The molecule has 0 bridgehead atoms. The maximum atomic E-state index is 11.6. The number of ketones is 1. The molecule has 0 spiro atoms. The fourth-order valence-electron chi connectivity index (χ4n) is 1.39. The molecule has 0 amide bonds. The molecule has 2 nitrogen and oxygen atoms in total. The van der Waals surface area contributed by atoms with Gasteiger partial charge in [0.25, 0.3) is 0 Å². The van der Waals surface area contributed by atoms with Crippen LogP contribution < -0.4 is 0 Å². The molecule has 2 heteroatoms. The van der Waals surface area contributed by atoms with E-state index in [1.54, 1.807) is 24.3 Å². The van der Waals surface area contributed by atoms with Crippen LogP contribution in [0, 0.1) is 5.92 Å². The normalized spacial score (nSPS) is 15.4. The highest BCUT2D eigenvalue weighted by Crippen LogP contribution is 2.33. The standard InChI is InChI=1S/C11H10O2/c12-7-9-3-1-2-4-10(9)11(13)8-5-6-8/h1-4,7-8H,5-6H2. The second-order valence-electron chi connectivity index (χ2n) is 3.34. The molecule has 0 aliphatic heterocycles. The first-order chi connectivity index (χ1) is 6.33. The zero-order chi connectivity index (χ0) is 9.26. The Morgan fingerprint density at radius 2 is 2.00 bits per heavy atom. The topological polar surface area (TPSA) is 34.1 Å². The maximum absolute atomic E-state index is 11.6. The highest BCUT2D eigenvalue weighted by Gasteiger charge is 2.31. The minimum absolute atomic E-state index is 0.128. The number of hydrogen-bond donors (Lipinski definition) is 0. The minimum Gasteiger partial charge on any atom is -0.298 e. The van der Waals surface area contributed by atoms with Crippen molar-refractivity contribution in [3.8, 4) is 0 Å². The van der Waals surface area contributed by atoms with E-state index in [4.69, 9.17) is 0 Å². The first-order valence-corrected chi connectivity index (χ1v) is 4.41. The molecule has 0 aromatic heterocycles. The monoisotopic (exact) mass is 174 g/mol. The van der Waals surface area contributed by atoms with E-state index in [0.29, 0.717) is 11.1 Å². The second kappa shape index (κ2) is 3.13. The largest absolute Gasteiger partial charge is 0.298 e. The second-order valence-corrected chi connectivity index (χ2v) is 3.34. The summed E-state index contributed by atoms with van der Waals surface area (Å²) < 4.78 is 0. The number of benzene rings is 1. The van der Waals surface area contributed by atoms with Crippen LogP contribution in [0.1, 0.15) is 33.6 Å². The maximum Gasteiger partial charge on any atom is 0.166 e. The van der Waals surface area contributed by atoms with Crippen molar-refractivity contribution in [1.29, 1.82) is 0 Å². The van der Waals surface area contributed by atoms with E-state index in [1.807, 2.05) is 0 Å². The summed E-state index contributed by atoms with van der Waals surface area (Å²) in [6.45, 7) is 0. The molecule has 1 aromatic carbocycles. The average Bonchev–Trinajstić information content (AvgIpc) is 3.00. The van der Waals surface area contributed by atoms with Crippen LogP contribution in [-0.2, 0) is 0 Å². The number of aldehydes is 1. The Balaban J connectivity index is 2.37. The Hall–Kier alpha value is -1.44. The highest BCUT2D eigenvalue weighted by molar-refractivity contribution is 6.04. The zero-order valence-electron chi connectivity index (χ0n) is 7.19. The predicted octanol–water partition coefficient (Wildman–Crippen LogP) is 2.09. The summed E-state index contributed by atoms with van der Waals surface area (Å²) in [5.41, 5.74) is 1.10. The van der Waals surface area contributed by atoms with Gasteiger partial charge < -0.3 is 0 Å². The van der Waals surface area contributed by atoms with Gasteiger partial charge in [-0.25, -0.2) is 0 Å². The van der Waals surface area contributed by atoms with Crippen molar-refractivity contribution in [3.63, 3.8) is 0 Å². The van der Waals surface area contributed by atoms with Crippen LogP contribution in [-0.4, -0.2) is 12.1 Å². The van der Waals surface area contributed by atoms with Crippen molar-refractivity contribution in [2.24, 2.45) is 5.92 Å². The molecular formula is C11H10O2. The van der Waals surface area contributed by atoms with Crippen molar-refractivity contribution < 1.29 is 9.59 Å². The molecule has 1 saturated carbocycles. The molecule has 13 heavy (non-hydrogen) atoms. The molecule has 0 N–H and O–H groups in total. The van der Waals surface area contributed by atoms with Crippen LogP contribution in [0.15, 0.2) is 24.3 Å². The van der Waals surface area contributed by atoms with Crippen LogP contribution in [0.4, 0.5) is 0 Å². The predicted molar refractivity (Wildman–Crippen MR) is 48.9 cm³/mol. The van der Waals surface area contributed by atoms with Gasteiger partial charge >= 0.3 is 0 Å². The highest BCUT2D eigenvalue weighted by atomic mass is 16.1. The van der Waals surface area contributed by atoms with Gasteiger partial charge in [0.05, 0.1) is 0 Å². The van der Waals surface area contributed by atoms with Crippen molar-refractivity contribution in [2.45, 2.75) is 12.8 Å². The molecule has 0 saturated heterocycles. The molecule has 1 fully saturated rings. The summed E-state index contributed by atoms with van der Waals surface area (Å²) in [5, 5.41) is 0. The fraction of sp³-hybridized carbons (Fsp3) is 0.273. The van der Waals surface area contributed by atoms with Crippen LogP contribution >= 0.6 is 0 Å². The third-order valence-corrected chi connectivity index (χ3v) is 2.30. The van der Waals surface area contributed by atoms with Gasteiger partial charge in [0, 0.05) is 17.0 Å². The Morgan fingerprint density at radius 3 is 2.62 bits per heavy atom. The third-order valence-electron chi connectivity index (χ3n) is 2.30. The van der Waals surface area contributed by atoms with E-state index in [0.717, 1.165) is 19.1 Å². The fourth-order valence-corrected chi connectivity index (χ4v) is 1.39. The Labute approximate surface area is 76.6 Å². The van der Waals surface area contributed by atoms with Crippen molar-refractivity contribution in [1.82, 2.24) is 0 Å². The van der Waals surface area contributed by atoms with Gasteiger partial charge in [-0.05, 0) is 12.8 Å². The minimum atomic E-state index is 0.128. The Morgan fingerprint density at radius 1 is 1.31 bits per heavy atom. The lowest BCUT2D eigenvalue weighted by atomic mass is 10.0. The number of Topliss-reactive ketones (excluding diaryl/α,β-unsaturated/α-hetero) is 1. The van der Waals surface area contributed by atoms with E-state index in [2.05, 4.69) is 0 Å². The zero-order valence-corrected chi connectivity index (χ0v) is 7.19. The van der Waals surface area contributed by atoms with Crippen molar-refractivity contribution in [3.05, 3.63) is 35.4 Å². The van der Waals surface area contributed by atoms with E-state index >= 15 is 0 Å². The van der Waals surface area contributed by atoms with Crippen molar-refractivity contribution in [2.75, 3.05) is 0 Å². The number of carbonyl (C=O) groups excluding carboxylic acids is 2. The van der Waals surface area contributed by atoms with Crippen LogP contribution in [0.2, 0.25) is 0 Å². The van der Waals surface area contributed by atoms with Crippen LogP contribution in [0.5, 0.6) is 0 Å². The van der Waals surface area contributed by atoms with E-state index in [9.17, 15) is 9.59 Å². The molecule has 0 heterocycles. The summed E-state index contributed by atoms with van der Waals surface area (Å²) >= 11 is 0. The Kier molecular flexibility index (Phi) is 1.97. The molecule has 66 valence electrons. The van der Waals surface area contributed by atoms with Gasteiger partial charge in [-0.15, -0.1) is 0 Å². The van der Waals surface area contributed by atoms with E-state index in [-0.39, 0.29) is 11.7 Å². The lowest BCUT2D eigenvalue weighted by molar-refractivity contribution is 0.0962. The molecule has 1 aliphatic rings. The van der Waals surface area contributed by atoms with E-state index < -0.39 is 0 Å². The molecule has 0 unspecified atom stereocenters. The molecule has 2 rings (SSSR count). The molecule has 1 aromatic rings.